The Bertz CT molecular complexity index is 378. The first-order valence-corrected chi connectivity index (χ1v) is 5.70. The van der Waals surface area contributed by atoms with Crippen molar-refractivity contribution in [2.75, 3.05) is 7.11 Å². The molecule has 0 aliphatic carbocycles. The normalized spacial score (nSPS) is 12.0. The summed E-state index contributed by atoms with van der Waals surface area (Å²) in [6.07, 6.45) is 0. The van der Waals surface area contributed by atoms with Gasteiger partial charge >= 0.3 is 6.01 Å². The molecular weight excluding hydrogens is 200 g/mol. The highest BCUT2D eigenvalue weighted by Gasteiger charge is 2.24. The van der Waals surface area contributed by atoms with Crippen molar-refractivity contribution < 1.29 is 4.74 Å². The highest BCUT2D eigenvalue weighted by molar-refractivity contribution is 5.34. The molecule has 0 unspecified atom stereocenters. The summed E-state index contributed by atoms with van der Waals surface area (Å²) in [5.41, 5.74) is 3.42. The molecule has 0 fully saturated rings. The number of nitrogens with zero attached hydrogens (tertiary/aromatic N) is 2. The second-order valence-corrected chi connectivity index (χ2v) is 5.46. The fourth-order valence-electron chi connectivity index (χ4n) is 2.00. The van der Waals surface area contributed by atoms with E-state index in [-0.39, 0.29) is 5.41 Å². The number of rotatable bonds is 2. The molecule has 0 atom stereocenters. The zero-order valence-electron chi connectivity index (χ0n) is 11.4. The third kappa shape index (κ3) is 2.52. The van der Waals surface area contributed by atoms with Crippen LogP contribution in [0.3, 0.4) is 0 Å². The van der Waals surface area contributed by atoms with Crippen LogP contribution < -0.4 is 4.74 Å². The van der Waals surface area contributed by atoms with Crippen LogP contribution in [0.15, 0.2) is 0 Å². The Morgan fingerprint density at radius 3 is 2.06 bits per heavy atom. The highest BCUT2D eigenvalue weighted by Crippen LogP contribution is 2.32. The third-order valence-corrected chi connectivity index (χ3v) is 2.58. The lowest BCUT2D eigenvalue weighted by Gasteiger charge is -2.25. The van der Waals surface area contributed by atoms with Gasteiger partial charge in [-0.05, 0) is 18.3 Å². The summed E-state index contributed by atoms with van der Waals surface area (Å²) in [7, 11) is 1.61. The van der Waals surface area contributed by atoms with E-state index in [1.165, 1.54) is 5.56 Å². The SMILES string of the molecule is COc1nc(C)c(C(C)(C)C)c(C(C)C)n1. The van der Waals surface area contributed by atoms with E-state index in [0.29, 0.717) is 11.9 Å². The van der Waals surface area contributed by atoms with Crippen LogP contribution in [0.4, 0.5) is 0 Å². The van der Waals surface area contributed by atoms with Gasteiger partial charge in [0.25, 0.3) is 0 Å². The lowest BCUT2D eigenvalue weighted by molar-refractivity contribution is 0.373. The van der Waals surface area contributed by atoms with Gasteiger partial charge in [-0.1, -0.05) is 34.6 Å². The lowest BCUT2D eigenvalue weighted by Crippen LogP contribution is -2.19. The van der Waals surface area contributed by atoms with Crippen LogP contribution in [-0.4, -0.2) is 17.1 Å². The van der Waals surface area contributed by atoms with Gasteiger partial charge in [-0.25, -0.2) is 4.98 Å². The van der Waals surface area contributed by atoms with E-state index >= 15 is 0 Å². The van der Waals surface area contributed by atoms with Gasteiger partial charge in [-0.3, -0.25) is 0 Å². The van der Waals surface area contributed by atoms with Crippen LogP contribution in [0.5, 0.6) is 6.01 Å². The molecular formula is C13H22N2O. The number of methoxy groups -OCH3 is 1. The topological polar surface area (TPSA) is 35.0 Å². The minimum Gasteiger partial charge on any atom is -0.467 e. The molecule has 90 valence electrons. The van der Waals surface area contributed by atoms with Crippen LogP contribution in [0, 0.1) is 6.92 Å². The molecule has 0 radical (unpaired) electrons. The first kappa shape index (κ1) is 12.9. The van der Waals surface area contributed by atoms with Crippen molar-refractivity contribution in [2.45, 2.75) is 52.9 Å². The van der Waals surface area contributed by atoms with Crippen molar-refractivity contribution in [3.63, 3.8) is 0 Å². The van der Waals surface area contributed by atoms with Gasteiger partial charge in [-0.15, -0.1) is 0 Å². The second-order valence-electron chi connectivity index (χ2n) is 5.46. The van der Waals surface area contributed by atoms with Crippen LogP contribution in [0.25, 0.3) is 0 Å². The first-order valence-electron chi connectivity index (χ1n) is 5.70. The van der Waals surface area contributed by atoms with E-state index in [9.17, 15) is 0 Å². The van der Waals surface area contributed by atoms with Gasteiger partial charge in [0.05, 0.1) is 12.8 Å². The van der Waals surface area contributed by atoms with Gasteiger partial charge in [0.1, 0.15) is 0 Å². The molecule has 0 spiro atoms. The quantitative estimate of drug-likeness (QED) is 0.770. The van der Waals surface area contributed by atoms with Crippen molar-refractivity contribution in [1.29, 1.82) is 0 Å². The van der Waals surface area contributed by atoms with E-state index in [1.807, 2.05) is 6.92 Å². The summed E-state index contributed by atoms with van der Waals surface area (Å²) >= 11 is 0. The van der Waals surface area contributed by atoms with Gasteiger partial charge in [0.15, 0.2) is 0 Å². The predicted molar refractivity (Wildman–Crippen MR) is 66.1 cm³/mol. The van der Waals surface area contributed by atoms with Gasteiger partial charge in [0, 0.05) is 11.3 Å². The van der Waals surface area contributed by atoms with Crippen molar-refractivity contribution in [3.05, 3.63) is 17.0 Å². The Morgan fingerprint density at radius 1 is 1.12 bits per heavy atom. The predicted octanol–water partition coefficient (Wildman–Crippen LogP) is 3.21. The Balaban J connectivity index is 3.46. The Hall–Kier alpha value is -1.12. The van der Waals surface area contributed by atoms with Crippen LogP contribution in [0.1, 0.15) is 57.5 Å². The molecule has 0 aromatic carbocycles. The zero-order chi connectivity index (χ0) is 12.5. The summed E-state index contributed by atoms with van der Waals surface area (Å²) in [6.45, 7) is 12.9. The van der Waals surface area contributed by atoms with Crippen molar-refractivity contribution in [2.24, 2.45) is 0 Å². The summed E-state index contributed by atoms with van der Waals surface area (Å²) in [6, 6.07) is 0.467. The molecule has 1 heterocycles. The summed E-state index contributed by atoms with van der Waals surface area (Å²) in [5.74, 6) is 0.379. The highest BCUT2D eigenvalue weighted by atomic mass is 16.5. The van der Waals surface area contributed by atoms with E-state index in [1.54, 1.807) is 7.11 Å². The number of hydrogen-bond donors (Lipinski definition) is 0. The molecule has 0 saturated carbocycles. The maximum Gasteiger partial charge on any atom is 0.316 e. The monoisotopic (exact) mass is 222 g/mol. The van der Waals surface area contributed by atoms with E-state index < -0.39 is 0 Å². The molecule has 1 rings (SSSR count). The van der Waals surface area contributed by atoms with Crippen LogP contribution in [-0.2, 0) is 5.41 Å². The van der Waals surface area contributed by atoms with Gasteiger partial charge in [0.2, 0.25) is 0 Å². The standard InChI is InChI=1S/C13H22N2O/c1-8(2)11-10(13(4,5)6)9(3)14-12(15-11)16-7/h8H,1-7H3. The fraction of sp³-hybridized carbons (Fsp3) is 0.692. The smallest absolute Gasteiger partial charge is 0.316 e. The number of aromatic nitrogens is 2. The Morgan fingerprint density at radius 2 is 1.69 bits per heavy atom. The molecule has 0 aliphatic rings. The number of ether oxygens (including phenoxy) is 1. The zero-order valence-corrected chi connectivity index (χ0v) is 11.4. The van der Waals surface area contributed by atoms with Crippen molar-refractivity contribution in [1.82, 2.24) is 9.97 Å². The first-order chi connectivity index (χ1) is 7.27. The molecule has 1 aromatic rings. The van der Waals surface area contributed by atoms with Gasteiger partial charge in [-0.2, -0.15) is 4.98 Å². The number of hydrogen-bond acceptors (Lipinski definition) is 3. The maximum atomic E-state index is 5.13. The lowest BCUT2D eigenvalue weighted by atomic mass is 9.82. The summed E-state index contributed by atoms with van der Waals surface area (Å²) in [5, 5.41) is 0. The molecule has 0 saturated heterocycles. The molecule has 3 nitrogen and oxygen atoms in total. The Labute approximate surface area is 98.3 Å². The molecule has 0 N–H and O–H groups in total. The summed E-state index contributed by atoms with van der Waals surface area (Å²) in [4.78, 5) is 8.85. The molecule has 16 heavy (non-hydrogen) atoms. The minimum absolute atomic E-state index is 0.0654. The third-order valence-electron chi connectivity index (χ3n) is 2.58. The summed E-state index contributed by atoms with van der Waals surface area (Å²) < 4.78 is 5.13. The fourth-order valence-corrected chi connectivity index (χ4v) is 2.00. The van der Waals surface area contributed by atoms with E-state index in [4.69, 9.17) is 4.74 Å². The largest absolute Gasteiger partial charge is 0.467 e. The van der Waals surface area contributed by atoms with E-state index in [2.05, 4.69) is 44.6 Å². The van der Waals surface area contributed by atoms with Crippen molar-refractivity contribution in [3.8, 4) is 6.01 Å². The molecule has 0 aliphatic heterocycles. The minimum atomic E-state index is 0.0654. The van der Waals surface area contributed by atoms with Crippen molar-refractivity contribution >= 4 is 0 Å². The molecule has 1 aromatic heterocycles. The molecule has 3 heteroatoms. The maximum absolute atomic E-state index is 5.13. The average Bonchev–Trinajstić information content (AvgIpc) is 2.14. The van der Waals surface area contributed by atoms with E-state index in [0.717, 1.165) is 11.4 Å². The number of aryl methyl sites for hydroxylation is 1. The van der Waals surface area contributed by atoms with Gasteiger partial charge < -0.3 is 4.74 Å². The second kappa shape index (κ2) is 4.40. The van der Waals surface area contributed by atoms with Crippen LogP contribution >= 0.6 is 0 Å². The van der Waals surface area contributed by atoms with Crippen LogP contribution in [0.2, 0.25) is 0 Å². The average molecular weight is 222 g/mol. The Kier molecular flexibility index (Phi) is 3.56. The molecule has 0 bridgehead atoms. The molecule has 0 amide bonds.